The fourth-order valence-electron chi connectivity index (χ4n) is 0.803. The number of pyridine rings is 1. The molecule has 0 fully saturated rings. The Morgan fingerprint density at radius 3 is 2.21 bits per heavy atom. The zero-order valence-electron chi connectivity index (χ0n) is 6.52. The molecule has 0 bridgehead atoms. The normalized spacial score (nSPS) is 12.2. The van der Waals surface area contributed by atoms with Gasteiger partial charge in [-0.15, -0.1) is 0 Å². The summed E-state index contributed by atoms with van der Waals surface area (Å²) in [5.41, 5.74) is -1.69. The van der Waals surface area contributed by atoms with E-state index in [0.717, 1.165) is 0 Å². The molecule has 1 rings (SSSR count). The lowest BCUT2D eigenvalue weighted by atomic mass is 9.81. The summed E-state index contributed by atoms with van der Waals surface area (Å²) < 4.78 is 60.2. The molecule has 1 aromatic rings. The molecule has 0 radical (unpaired) electrons. The molecule has 0 N–H and O–H groups in total. The van der Waals surface area contributed by atoms with Crippen LogP contribution in [0.1, 0.15) is 12.1 Å². The Labute approximate surface area is 84.5 Å². The van der Waals surface area contributed by atoms with Crippen LogP contribution >= 0.6 is 15.9 Å². The first kappa shape index (κ1) is 11.4. The summed E-state index contributed by atoms with van der Waals surface area (Å²) in [7, 11) is 0. The first-order valence-corrected chi connectivity index (χ1v) is 4.25. The highest BCUT2D eigenvalue weighted by Crippen LogP contribution is 2.24. The van der Waals surface area contributed by atoms with Crippen LogP contribution in [0.2, 0.25) is 0 Å². The summed E-state index contributed by atoms with van der Waals surface area (Å²) in [5, 5.41) is 0. The second-order valence-electron chi connectivity index (χ2n) is 2.51. The van der Waals surface area contributed by atoms with Crippen LogP contribution in [0.4, 0.5) is 21.7 Å². The van der Waals surface area contributed by atoms with Gasteiger partial charge in [-0.1, -0.05) is 11.5 Å². The van der Waals surface area contributed by atoms with Crippen molar-refractivity contribution in [1.29, 1.82) is 0 Å². The minimum atomic E-state index is -5.20. The summed E-state index contributed by atoms with van der Waals surface area (Å²) in [5.74, 6) is 0. The standard InChI is InChI=1S/C6H3BBrF5N/c8-4-1-3(7(11,12)13)2-14-5(4)6(9)10/h1-2,6H/q-1. The van der Waals surface area contributed by atoms with E-state index in [2.05, 4.69) is 20.9 Å². The highest BCUT2D eigenvalue weighted by Gasteiger charge is 2.27. The van der Waals surface area contributed by atoms with Crippen molar-refractivity contribution in [1.82, 2.24) is 4.98 Å². The molecule has 0 aliphatic heterocycles. The minimum absolute atomic E-state index is 0.329. The Hall–Kier alpha value is -0.655. The van der Waals surface area contributed by atoms with E-state index in [-0.39, 0.29) is 4.47 Å². The van der Waals surface area contributed by atoms with E-state index in [1.54, 1.807) is 0 Å². The molecular weight excluding hydrogens is 272 g/mol. The lowest BCUT2D eigenvalue weighted by Crippen LogP contribution is -2.34. The van der Waals surface area contributed by atoms with Gasteiger partial charge < -0.3 is 12.9 Å². The molecule has 8 heteroatoms. The molecule has 0 aliphatic rings. The van der Waals surface area contributed by atoms with Gasteiger partial charge in [-0.3, -0.25) is 4.98 Å². The van der Waals surface area contributed by atoms with Gasteiger partial charge in [0.25, 0.3) is 6.43 Å². The van der Waals surface area contributed by atoms with Crippen LogP contribution < -0.4 is 5.46 Å². The molecule has 0 aromatic carbocycles. The molecule has 1 heterocycles. The largest absolute Gasteiger partial charge is 0.511 e. The predicted octanol–water partition coefficient (Wildman–Crippen LogP) is 2.84. The van der Waals surface area contributed by atoms with Crippen molar-refractivity contribution in [2.45, 2.75) is 6.43 Å². The van der Waals surface area contributed by atoms with Gasteiger partial charge in [0.05, 0.1) is 0 Å². The highest BCUT2D eigenvalue weighted by molar-refractivity contribution is 9.10. The van der Waals surface area contributed by atoms with Gasteiger partial charge in [0.15, 0.2) is 0 Å². The number of alkyl halides is 2. The second kappa shape index (κ2) is 3.84. The summed E-state index contributed by atoms with van der Waals surface area (Å²) >= 11 is 2.61. The van der Waals surface area contributed by atoms with Gasteiger partial charge in [-0.2, -0.15) is 0 Å². The van der Waals surface area contributed by atoms with Crippen molar-refractivity contribution in [3.63, 3.8) is 0 Å². The maximum absolute atomic E-state index is 12.1. The van der Waals surface area contributed by atoms with Gasteiger partial charge in [0.1, 0.15) is 5.69 Å². The van der Waals surface area contributed by atoms with Crippen molar-refractivity contribution in [3.8, 4) is 0 Å². The van der Waals surface area contributed by atoms with Gasteiger partial charge in [-0.05, 0) is 15.9 Å². The third kappa shape index (κ3) is 2.43. The van der Waals surface area contributed by atoms with Crippen LogP contribution in [0, 0.1) is 0 Å². The lowest BCUT2D eigenvalue weighted by molar-refractivity contribution is 0.145. The summed E-state index contributed by atoms with van der Waals surface area (Å²) in [6.45, 7) is -5.20. The number of hydrogen-bond donors (Lipinski definition) is 0. The molecular formula is C6H3BBrF5N-. The van der Waals surface area contributed by atoms with E-state index in [0.29, 0.717) is 12.3 Å². The summed E-state index contributed by atoms with van der Waals surface area (Å²) in [6, 6.07) is 0.606. The van der Waals surface area contributed by atoms with E-state index in [9.17, 15) is 21.7 Å². The van der Waals surface area contributed by atoms with Crippen LogP contribution in [-0.2, 0) is 0 Å². The van der Waals surface area contributed by atoms with Crippen molar-refractivity contribution >= 4 is 28.4 Å². The summed E-state index contributed by atoms with van der Waals surface area (Å²) in [4.78, 5) is 3.04. The number of rotatable bonds is 2. The third-order valence-corrected chi connectivity index (χ3v) is 2.11. The van der Waals surface area contributed by atoms with Crippen LogP contribution in [0.3, 0.4) is 0 Å². The first-order valence-electron chi connectivity index (χ1n) is 3.46. The van der Waals surface area contributed by atoms with Crippen LogP contribution in [-0.4, -0.2) is 12.0 Å². The number of aromatic nitrogens is 1. The Bertz CT molecular complexity index is 339. The molecule has 0 aliphatic carbocycles. The quantitative estimate of drug-likeness (QED) is 0.597. The zero-order valence-corrected chi connectivity index (χ0v) is 8.11. The van der Waals surface area contributed by atoms with Crippen molar-refractivity contribution in [2.24, 2.45) is 0 Å². The molecule has 78 valence electrons. The lowest BCUT2D eigenvalue weighted by Gasteiger charge is -2.15. The smallest absolute Gasteiger partial charge is 0.445 e. The molecule has 1 aromatic heterocycles. The molecule has 14 heavy (non-hydrogen) atoms. The minimum Gasteiger partial charge on any atom is -0.445 e. The molecule has 0 saturated carbocycles. The molecule has 0 saturated heterocycles. The first-order chi connectivity index (χ1) is 6.32. The Kier molecular flexibility index (Phi) is 3.13. The van der Waals surface area contributed by atoms with Gasteiger partial charge >= 0.3 is 6.98 Å². The average molecular weight is 275 g/mol. The van der Waals surface area contributed by atoms with Crippen molar-refractivity contribution in [3.05, 3.63) is 22.4 Å². The van der Waals surface area contributed by atoms with Crippen LogP contribution in [0.5, 0.6) is 0 Å². The SMILES string of the molecule is FC(F)c1ncc([B-](F)(F)F)cc1Br. The van der Waals surface area contributed by atoms with Crippen molar-refractivity contribution < 1.29 is 21.7 Å². The van der Waals surface area contributed by atoms with E-state index in [1.807, 2.05) is 0 Å². The van der Waals surface area contributed by atoms with E-state index in [4.69, 9.17) is 0 Å². The fraction of sp³-hybridized carbons (Fsp3) is 0.167. The van der Waals surface area contributed by atoms with Crippen LogP contribution in [0.15, 0.2) is 16.7 Å². The summed E-state index contributed by atoms with van der Waals surface area (Å²) in [6.07, 6.45) is -2.48. The van der Waals surface area contributed by atoms with E-state index < -0.39 is 24.6 Å². The monoisotopic (exact) mass is 274 g/mol. The maximum atomic E-state index is 12.1. The molecule has 0 spiro atoms. The Morgan fingerprint density at radius 1 is 1.29 bits per heavy atom. The highest BCUT2D eigenvalue weighted by atomic mass is 79.9. The zero-order chi connectivity index (χ0) is 10.9. The van der Waals surface area contributed by atoms with Gasteiger partial charge in [0.2, 0.25) is 0 Å². The molecule has 1 nitrogen and oxygen atoms in total. The van der Waals surface area contributed by atoms with E-state index in [1.165, 1.54) is 0 Å². The molecule has 0 amide bonds. The average Bonchev–Trinajstić information content (AvgIpc) is 2.01. The van der Waals surface area contributed by atoms with Gasteiger partial charge in [0, 0.05) is 10.7 Å². The van der Waals surface area contributed by atoms with Gasteiger partial charge in [-0.25, -0.2) is 8.78 Å². The predicted molar refractivity (Wildman–Crippen MR) is 45.6 cm³/mol. The topological polar surface area (TPSA) is 12.9 Å². The maximum Gasteiger partial charge on any atom is 0.511 e. The third-order valence-electron chi connectivity index (χ3n) is 1.48. The number of halogens is 6. The van der Waals surface area contributed by atoms with Crippen LogP contribution in [0.25, 0.3) is 0 Å². The Balaban J connectivity index is 3.13. The molecule has 0 atom stereocenters. The number of hydrogen-bond acceptors (Lipinski definition) is 1. The fourth-order valence-corrected chi connectivity index (χ4v) is 1.34. The molecule has 0 unspecified atom stereocenters. The second-order valence-corrected chi connectivity index (χ2v) is 3.37. The van der Waals surface area contributed by atoms with Crippen molar-refractivity contribution in [2.75, 3.05) is 0 Å². The number of nitrogens with zero attached hydrogens (tertiary/aromatic N) is 1. The van der Waals surface area contributed by atoms with E-state index >= 15 is 0 Å². The Morgan fingerprint density at radius 2 is 1.86 bits per heavy atom.